The number of aryl methyl sites for hydroxylation is 1. The third-order valence-corrected chi connectivity index (χ3v) is 7.72. The molecule has 1 aliphatic rings. The molecule has 178 valence electrons. The lowest BCUT2D eigenvalue weighted by Gasteiger charge is -2.34. The molecule has 2 amide bonds. The number of piperidine rings is 1. The van der Waals surface area contributed by atoms with E-state index >= 15 is 0 Å². The van der Waals surface area contributed by atoms with E-state index in [0.29, 0.717) is 18.7 Å². The summed E-state index contributed by atoms with van der Waals surface area (Å²) in [5.74, 6) is -0.795. The second-order valence-electron chi connectivity index (χ2n) is 8.16. The van der Waals surface area contributed by atoms with Crippen molar-refractivity contribution < 1.29 is 22.7 Å². The van der Waals surface area contributed by atoms with E-state index in [1.54, 1.807) is 49.6 Å². The normalized spacial score (nSPS) is 16.7. The maximum Gasteiger partial charge on any atom is 0.309 e. The molecule has 0 aromatic heterocycles. The van der Waals surface area contributed by atoms with Crippen LogP contribution in [0.5, 0.6) is 5.75 Å². The van der Waals surface area contributed by atoms with Gasteiger partial charge in [-0.2, -0.15) is 4.31 Å². The molecule has 8 nitrogen and oxygen atoms in total. The van der Waals surface area contributed by atoms with Gasteiger partial charge in [0, 0.05) is 25.7 Å². The van der Waals surface area contributed by atoms with Gasteiger partial charge in [-0.05, 0) is 56.0 Å². The Labute approximate surface area is 195 Å². The third kappa shape index (κ3) is 6.55. The monoisotopic (exact) mass is 473 g/mol. The smallest absolute Gasteiger partial charge is 0.309 e. The van der Waals surface area contributed by atoms with Crippen LogP contribution >= 0.6 is 0 Å². The fourth-order valence-electron chi connectivity index (χ4n) is 3.90. The van der Waals surface area contributed by atoms with Crippen molar-refractivity contribution in [2.45, 2.75) is 50.1 Å². The topological polar surface area (TPSA) is 105 Å². The van der Waals surface area contributed by atoms with Gasteiger partial charge in [0.2, 0.25) is 10.0 Å². The fourth-order valence-corrected chi connectivity index (χ4v) is 5.63. The Hall–Kier alpha value is -2.91. The molecule has 0 radical (unpaired) electrons. The van der Waals surface area contributed by atoms with Crippen LogP contribution < -0.4 is 15.4 Å². The van der Waals surface area contributed by atoms with Crippen molar-refractivity contribution in [1.82, 2.24) is 14.9 Å². The molecule has 1 fully saturated rings. The van der Waals surface area contributed by atoms with Crippen LogP contribution in [0, 0.1) is 6.92 Å². The molecular formula is C24H31N3O5S. The number of carbonyl (C=O) groups is 2. The van der Waals surface area contributed by atoms with Gasteiger partial charge in [0.1, 0.15) is 5.75 Å². The number of hydrogen-bond acceptors (Lipinski definition) is 5. The van der Waals surface area contributed by atoms with E-state index < -0.39 is 21.8 Å². The molecule has 0 saturated carbocycles. The second kappa shape index (κ2) is 11.3. The Morgan fingerprint density at radius 3 is 2.52 bits per heavy atom. The number of hydrogen-bond donors (Lipinski definition) is 2. The van der Waals surface area contributed by atoms with Crippen LogP contribution in [0.3, 0.4) is 0 Å². The lowest BCUT2D eigenvalue weighted by atomic mass is 10.0. The van der Waals surface area contributed by atoms with Crippen molar-refractivity contribution in [1.29, 1.82) is 0 Å². The summed E-state index contributed by atoms with van der Waals surface area (Å²) in [5, 5.41) is 5.20. The molecule has 9 heteroatoms. The minimum absolute atomic E-state index is 0.203. The molecule has 2 aromatic rings. The van der Waals surface area contributed by atoms with Gasteiger partial charge in [0.05, 0.1) is 12.0 Å². The molecule has 2 N–H and O–H groups in total. The van der Waals surface area contributed by atoms with Gasteiger partial charge < -0.3 is 15.4 Å². The first-order valence-electron chi connectivity index (χ1n) is 11.1. The van der Waals surface area contributed by atoms with Crippen LogP contribution in [0.2, 0.25) is 0 Å². The zero-order valence-corrected chi connectivity index (χ0v) is 19.9. The summed E-state index contributed by atoms with van der Waals surface area (Å²) in [5.41, 5.74) is 1.81. The number of sulfonamides is 1. The van der Waals surface area contributed by atoms with Crippen molar-refractivity contribution in [2.24, 2.45) is 0 Å². The molecule has 2 aromatic carbocycles. The summed E-state index contributed by atoms with van der Waals surface area (Å²) in [6, 6.07) is 13.8. The zero-order chi connectivity index (χ0) is 23.8. The SMILES string of the molecule is COc1cccc(CNC(=O)C(=O)NCC[C@H]2CCCCN2S(=O)(=O)c2ccc(C)cc2)c1. The summed E-state index contributed by atoms with van der Waals surface area (Å²) in [4.78, 5) is 24.6. The Morgan fingerprint density at radius 1 is 1.06 bits per heavy atom. The summed E-state index contributed by atoms with van der Waals surface area (Å²) in [6.07, 6.45) is 2.91. The molecule has 1 saturated heterocycles. The van der Waals surface area contributed by atoms with Crippen molar-refractivity contribution in [3.05, 3.63) is 59.7 Å². The van der Waals surface area contributed by atoms with E-state index in [0.717, 1.165) is 30.4 Å². The summed E-state index contributed by atoms with van der Waals surface area (Å²) >= 11 is 0. The summed E-state index contributed by atoms with van der Waals surface area (Å²) in [6.45, 7) is 2.79. The maximum absolute atomic E-state index is 13.1. The van der Waals surface area contributed by atoms with Crippen LogP contribution in [0.15, 0.2) is 53.4 Å². The second-order valence-corrected chi connectivity index (χ2v) is 10.0. The maximum atomic E-state index is 13.1. The number of nitrogens with one attached hydrogen (secondary N) is 2. The van der Waals surface area contributed by atoms with Crippen molar-refractivity contribution in [2.75, 3.05) is 20.2 Å². The highest BCUT2D eigenvalue weighted by atomic mass is 32.2. The first-order valence-corrected chi connectivity index (χ1v) is 12.5. The molecule has 3 rings (SSSR count). The van der Waals surface area contributed by atoms with Gasteiger partial charge in [0.15, 0.2) is 0 Å². The lowest BCUT2D eigenvalue weighted by molar-refractivity contribution is -0.139. The molecule has 1 heterocycles. The fraction of sp³-hybridized carbons (Fsp3) is 0.417. The highest BCUT2D eigenvalue weighted by Gasteiger charge is 2.33. The molecular weight excluding hydrogens is 442 g/mol. The predicted octanol–water partition coefficient (Wildman–Crippen LogP) is 2.37. The minimum Gasteiger partial charge on any atom is -0.497 e. The number of ether oxygens (including phenoxy) is 1. The number of carbonyl (C=O) groups excluding carboxylic acids is 2. The van der Waals surface area contributed by atoms with E-state index in [4.69, 9.17) is 4.74 Å². The largest absolute Gasteiger partial charge is 0.497 e. The van der Waals surface area contributed by atoms with Crippen LogP contribution in [0.4, 0.5) is 0 Å². The first-order chi connectivity index (χ1) is 15.8. The molecule has 0 spiro atoms. The Morgan fingerprint density at radius 2 is 1.79 bits per heavy atom. The van der Waals surface area contributed by atoms with Crippen molar-refractivity contribution >= 4 is 21.8 Å². The van der Waals surface area contributed by atoms with E-state index in [1.807, 2.05) is 13.0 Å². The van der Waals surface area contributed by atoms with Crippen LogP contribution in [0.1, 0.15) is 36.8 Å². The predicted molar refractivity (Wildman–Crippen MR) is 125 cm³/mol. The van der Waals surface area contributed by atoms with Gasteiger partial charge in [-0.25, -0.2) is 8.42 Å². The number of amides is 2. The summed E-state index contributed by atoms with van der Waals surface area (Å²) < 4.78 is 33.0. The Kier molecular flexibility index (Phi) is 8.46. The van der Waals surface area contributed by atoms with Crippen molar-refractivity contribution in [3.63, 3.8) is 0 Å². The average Bonchev–Trinajstić information content (AvgIpc) is 2.83. The van der Waals surface area contributed by atoms with Gasteiger partial charge in [0.25, 0.3) is 0 Å². The molecule has 33 heavy (non-hydrogen) atoms. The van der Waals surface area contributed by atoms with Crippen LogP contribution in [0.25, 0.3) is 0 Å². The van der Waals surface area contributed by atoms with E-state index in [1.165, 1.54) is 4.31 Å². The first kappa shape index (κ1) is 24.7. The molecule has 1 atom stereocenters. The molecule has 0 aliphatic carbocycles. The third-order valence-electron chi connectivity index (χ3n) is 5.76. The van der Waals surface area contributed by atoms with E-state index in [-0.39, 0.29) is 24.0 Å². The van der Waals surface area contributed by atoms with Crippen LogP contribution in [-0.4, -0.2) is 50.8 Å². The van der Waals surface area contributed by atoms with Gasteiger partial charge in [-0.1, -0.05) is 36.2 Å². The van der Waals surface area contributed by atoms with E-state index in [9.17, 15) is 18.0 Å². The standard InChI is InChI=1S/C24H31N3O5S/c1-18-9-11-22(12-10-18)33(30,31)27-15-4-3-7-20(27)13-14-25-23(28)24(29)26-17-19-6-5-8-21(16-19)32-2/h5-6,8-12,16,20H,3-4,7,13-15,17H2,1-2H3,(H,25,28)(H,26,29)/t20-/m1/s1. The average molecular weight is 474 g/mol. The Bertz CT molecular complexity index is 1070. The van der Waals surface area contributed by atoms with Gasteiger partial charge in [-0.3, -0.25) is 9.59 Å². The van der Waals surface area contributed by atoms with Crippen LogP contribution in [-0.2, 0) is 26.2 Å². The highest BCUT2D eigenvalue weighted by molar-refractivity contribution is 7.89. The minimum atomic E-state index is -3.61. The summed E-state index contributed by atoms with van der Waals surface area (Å²) in [7, 11) is -2.05. The molecule has 0 bridgehead atoms. The lowest BCUT2D eigenvalue weighted by Crippen LogP contribution is -2.46. The number of benzene rings is 2. The number of methoxy groups -OCH3 is 1. The highest BCUT2D eigenvalue weighted by Crippen LogP contribution is 2.27. The van der Waals surface area contributed by atoms with Crippen molar-refractivity contribution in [3.8, 4) is 5.75 Å². The number of rotatable bonds is 8. The van der Waals surface area contributed by atoms with Gasteiger partial charge >= 0.3 is 11.8 Å². The van der Waals surface area contributed by atoms with Gasteiger partial charge in [-0.15, -0.1) is 0 Å². The molecule has 1 aliphatic heterocycles. The zero-order valence-electron chi connectivity index (χ0n) is 19.0. The van der Waals surface area contributed by atoms with E-state index in [2.05, 4.69) is 10.6 Å². The molecule has 0 unspecified atom stereocenters. The number of nitrogens with zero attached hydrogens (tertiary/aromatic N) is 1. The Balaban J connectivity index is 1.51. The quantitative estimate of drug-likeness (QED) is 0.573.